The van der Waals surface area contributed by atoms with Crippen LogP contribution in [0.3, 0.4) is 0 Å². The Kier molecular flexibility index (Phi) is 16.0. The molecule has 0 spiro atoms. The second kappa shape index (κ2) is 11.6. The van der Waals surface area contributed by atoms with Crippen LogP contribution in [0.5, 0.6) is 0 Å². The first kappa shape index (κ1) is 12.5. The van der Waals surface area contributed by atoms with Gasteiger partial charge in [0.05, 0.1) is 0 Å². The van der Waals surface area contributed by atoms with E-state index in [1.54, 1.807) is 0 Å². The van der Waals surface area contributed by atoms with E-state index in [0.717, 1.165) is 0 Å². The Hall–Kier alpha value is 0.774. The third-order valence-electron chi connectivity index (χ3n) is 0.556. The van der Waals surface area contributed by atoms with Crippen molar-refractivity contribution >= 4 is 18.6 Å². The van der Waals surface area contributed by atoms with Crippen LogP contribution in [0, 0.1) is 13.8 Å². The van der Waals surface area contributed by atoms with Crippen molar-refractivity contribution in [2.45, 2.75) is 0 Å². The van der Waals surface area contributed by atoms with Gasteiger partial charge in [-0.05, 0) is 0 Å². The van der Waals surface area contributed by atoms with Crippen molar-refractivity contribution in [2.24, 2.45) is 0 Å². The van der Waals surface area contributed by atoms with Crippen molar-refractivity contribution in [1.82, 2.24) is 0 Å². The van der Waals surface area contributed by atoms with E-state index in [9.17, 15) is 0 Å². The molecule has 0 aromatic carbocycles. The molecule has 1 radical (unpaired) electrons. The second-order valence-electron chi connectivity index (χ2n) is 1.03. The Balaban J connectivity index is 0. The quantitative estimate of drug-likeness (QED) is 0.415. The van der Waals surface area contributed by atoms with Crippen LogP contribution in [0.15, 0.2) is 24.3 Å². The predicted octanol–water partition coefficient (Wildman–Crippen LogP) is 3.14. The molecule has 0 aliphatic heterocycles. The molecule has 0 heterocycles. The summed E-state index contributed by atoms with van der Waals surface area (Å²) in [5.74, 6) is 0. The summed E-state index contributed by atoms with van der Waals surface area (Å²) in [6.45, 7) is 0. The molecule has 0 unspecified atom stereocenters. The molecule has 0 aromatic heterocycles. The number of halogens is 2. The molecule has 0 nitrogen and oxygen atoms in total. The minimum absolute atomic E-state index is 0. The fraction of sp³-hybridized carbons (Fsp3) is 0. The van der Waals surface area contributed by atoms with Gasteiger partial charge in [0.1, 0.15) is 0 Å². The first-order valence-electron chi connectivity index (χ1n) is 2.04. The summed E-state index contributed by atoms with van der Waals surface area (Å²) < 4.78 is 0. The van der Waals surface area contributed by atoms with Crippen molar-refractivity contribution in [1.29, 1.82) is 0 Å². The van der Waals surface area contributed by atoms with Crippen molar-refractivity contribution in [3.63, 3.8) is 0 Å². The van der Waals surface area contributed by atoms with Crippen molar-refractivity contribution in [3.05, 3.63) is 38.2 Å². The van der Waals surface area contributed by atoms with Crippen LogP contribution >= 0.6 is 18.6 Å². The standard InChI is InChI=1S/C5H5.CH3.2ClH.Ti/c1-2-4-5-3-1;;;;/h1-5H;1H3;2*1H;/q;-1;;;+2/p-2. The molecule has 0 saturated heterocycles. The second-order valence-corrected chi connectivity index (χ2v) is 3.61. The Morgan fingerprint density at radius 2 is 1.22 bits per heavy atom. The molecule has 0 fully saturated rings. The summed E-state index contributed by atoms with van der Waals surface area (Å²) >= 11 is -0.556. The van der Waals surface area contributed by atoms with Crippen LogP contribution in [0.1, 0.15) is 0 Å². The summed E-state index contributed by atoms with van der Waals surface area (Å²) in [4.78, 5) is 0. The number of hydrogen-bond donors (Lipinski definition) is 0. The molecule has 1 aliphatic rings. The summed E-state index contributed by atoms with van der Waals surface area (Å²) in [7, 11) is 9.78. The topological polar surface area (TPSA) is 0 Å². The van der Waals surface area contributed by atoms with Gasteiger partial charge in [0, 0.05) is 6.42 Å². The van der Waals surface area contributed by atoms with Gasteiger partial charge in [-0.1, -0.05) is 24.3 Å². The molecular weight excluding hydrogens is 191 g/mol. The minimum atomic E-state index is -0.556. The van der Waals surface area contributed by atoms with Crippen LogP contribution < -0.4 is 0 Å². The molecule has 3 heteroatoms. The van der Waals surface area contributed by atoms with Crippen molar-refractivity contribution in [2.75, 3.05) is 0 Å². The maximum atomic E-state index is 4.89. The number of rotatable bonds is 0. The van der Waals surface area contributed by atoms with Crippen LogP contribution in [-0.2, 0) is 17.0 Å². The first-order chi connectivity index (χ1) is 3.91. The van der Waals surface area contributed by atoms with Gasteiger partial charge in [-0.25, -0.2) is 0 Å². The van der Waals surface area contributed by atoms with Gasteiger partial charge in [0.25, 0.3) is 0 Å². The molecule has 9 heavy (non-hydrogen) atoms. The van der Waals surface area contributed by atoms with Gasteiger partial charge in [-0.2, -0.15) is 0 Å². The fourth-order valence-corrected chi connectivity index (χ4v) is 0.321. The van der Waals surface area contributed by atoms with E-state index in [4.69, 9.17) is 18.6 Å². The molecular formula is C6H8Cl2Ti-. The van der Waals surface area contributed by atoms with Crippen LogP contribution in [0.4, 0.5) is 0 Å². The number of allylic oxidation sites excluding steroid dienone is 4. The van der Waals surface area contributed by atoms with Crippen molar-refractivity contribution in [3.8, 4) is 0 Å². The van der Waals surface area contributed by atoms with Gasteiger partial charge in [-0.3, -0.25) is 0 Å². The summed E-state index contributed by atoms with van der Waals surface area (Å²) in [5, 5.41) is 0. The van der Waals surface area contributed by atoms with E-state index in [0.29, 0.717) is 0 Å². The molecule has 1 rings (SSSR count). The van der Waals surface area contributed by atoms with Crippen LogP contribution in [0.2, 0.25) is 0 Å². The molecule has 0 saturated carbocycles. The molecule has 0 amide bonds. The van der Waals surface area contributed by atoms with E-state index in [-0.39, 0.29) is 7.43 Å². The zero-order valence-electron chi connectivity index (χ0n) is 5.14. The zero-order valence-corrected chi connectivity index (χ0v) is 8.22. The van der Waals surface area contributed by atoms with E-state index in [1.807, 2.05) is 30.7 Å². The number of hydrogen-bond acceptors (Lipinski definition) is 0. The van der Waals surface area contributed by atoms with E-state index < -0.39 is 17.0 Å². The molecule has 1 aliphatic carbocycles. The third kappa shape index (κ3) is 12.1. The third-order valence-corrected chi connectivity index (χ3v) is 0.556. The SMILES string of the molecule is [CH3-].[CH]1C=CC=C1.[Cl][Ti][Cl]. The van der Waals surface area contributed by atoms with Gasteiger partial charge in [-0.15, -0.1) is 0 Å². The van der Waals surface area contributed by atoms with Gasteiger partial charge in [0.2, 0.25) is 0 Å². The zero-order chi connectivity index (χ0) is 6.24. The summed E-state index contributed by atoms with van der Waals surface area (Å²) in [6, 6.07) is 0. The molecule has 51 valence electrons. The summed E-state index contributed by atoms with van der Waals surface area (Å²) in [5.41, 5.74) is 0. The van der Waals surface area contributed by atoms with Gasteiger partial charge < -0.3 is 7.43 Å². The Bertz CT molecular complexity index is 79.1. The van der Waals surface area contributed by atoms with Gasteiger partial charge in [0.15, 0.2) is 0 Å². The van der Waals surface area contributed by atoms with E-state index in [2.05, 4.69) is 0 Å². The monoisotopic (exact) mass is 198 g/mol. The summed E-state index contributed by atoms with van der Waals surface area (Å²) in [6.07, 6.45) is 10.0. The molecule has 0 bridgehead atoms. The van der Waals surface area contributed by atoms with E-state index in [1.165, 1.54) is 0 Å². The first-order valence-corrected chi connectivity index (χ1v) is 6.34. The fourth-order valence-electron chi connectivity index (χ4n) is 0.321. The molecule has 0 N–H and O–H groups in total. The molecule has 0 aromatic rings. The van der Waals surface area contributed by atoms with E-state index >= 15 is 0 Å². The average molecular weight is 199 g/mol. The normalized spacial score (nSPS) is 11.3. The van der Waals surface area contributed by atoms with Crippen molar-refractivity contribution < 1.29 is 17.0 Å². The Morgan fingerprint density at radius 3 is 1.33 bits per heavy atom. The predicted molar refractivity (Wildman–Crippen MR) is 40.7 cm³/mol. The maximum absolute atomic E-state index is 4.89. The Morgan fingerprint density at radius 1 is 0.889 bits per heavy atom. The average Bonchev–Trinajstić information content (AvgIpc) is 2.17. The Labute approximate surface area is 73.6 Å². The van der Waals surface area contributed by atoms with Crippen LogP contribution in [-0.4, -0.2) is 0 Å². The van der Waals surface area contributed by atoms with Crippen LogP contribution in [0.25, 0.3) is 0 Å². The molecule has 0 atom stereocenters. The van der Waals surface area contributed by atoms with Gasteiger partial charge >= 0.3 is 35.6 Å².